The second-order valence-corrected chi connectivity index (χ2v) is 2.55. The standard InChI is InChI=1S/C8H17O.Li/c1-3-5-7-8(9)6-4-2;/h8H,3-7H2,1-2H3;/q-1;+1. The van der Waals surface area contributed by atoms with Gasteiger partial charge < -0.3 is 5.11 Å². The molecule has 0 saturated carbocycles. The van der Waals surface area contributed by atoms with Gasteiger partial charge in [-0.3, -0.25) is 0 Å². The van der Waals surface area contributed by atoms with Crippen molar-refractivity contribution in [3.8, 4) is 0 Å². The first kappa shape index (κ1) is 13.2. The molecule has 0 rings (SSSR count). The van der Waals surface area contributed by atoms with Crippen molar-refractivity contribution in [2.75, 3.05) is 0 Å². The minimum atomic E-state index is -0.282. The van der Waals surface area contributed by atoms with Crippen LogP contribution in [0.15, 0.2) is 0 Å². The van der Waals surface area contributed by atoms with E-state index in [1.54, 1.807) is 0 Å². The van der Waals surface area contributed by atoms with Gasteiger partial charge in [0.1, 0.15) is 0 Å². The van der Waals surface area contributed by atoms with Crippen molar-refractivity contribution in [2.45, 2.75) is 52.1 Å². The fraction of sp³-hybridized carbons (Fsp3) is 1.00. The maximum Gasteiger partial charge on any atom is 1.00 e. The van der Waals surface area contributed by atoms with Gasteiger partial charge in [0, 0.05) is 0 Å². The zero-order chi connectivity index (χ0) is 7.11. The fourth-order valence-electron chi connectivity index (χ4n) is 0.898. The Morgan fingerprint density at radius 3 is 2.10 bits per heavy atom. The predicted octanol–water partition coefficient (Wildman–Crippen LogP) is -1.29. The second kappa shape index (κ2) is 9.56. The van der Waals surface area contributed by atoms with E-state index in [0.29, 0.717) is 0 Å². The molecule has 0 heterocycles. The molecule has 56 valence electrons. The summed E-state index contributed by atoms with van der Waals surface area (Å²) in [6.07, 6.45) is 4.76. The van der Waals surface area contributed by atoms with Gasteiger partial charge in [0.25, 0.3) is 0 Å². The molecule has 1 unspecified atom stereocenters. The van der Waals surface area contributed by atoms with E-state index in [4.69, 9.17) is 0 Å². The molecule has 0 aliphatic carbocycles. The maximum absolute atomic E-state index is 10.9. The first-order valence-corrected chi connectivity index (χ1v) is 3.97. The van der Waals surface area contributed by atoms with Crippen molar-refractivity contribution >= 4 is 0 Å². The minimum absolute atomic E-state index is 0. The third kappa shape index (κ3) is 8.56. The van der Waals surface area contributed by atoms with Crippen LogP contribution in [0.1, 0.15) is 46.0 Å². The van der Waals surface area contributed by atoms with Gasteiger partial charge in [-0.25, -0.2) is 0 Å². The summed E-state index contributed by atoms with van der Waals surface area (Å²) in [4.78, 5) is 0. The van der Waals surface area contributed by atoms with E-state index >= 15 is 0 Å². The Morgan fingerprint density at radius 1 is 1.10 bits per heavy atom. The summed E-state index contributed by atoms with van der Waals surface area (Å²) >= 11 is 0. The average molecular weight is 136 g/mol. The Kier molecular flexibility index (Phi) is 12.6. The van der Waals surface area contributed by atoms with Crippen molar-refractivity contribution in [3.05, 3.63) is 0 Å². The van der Waals surface area contributed by atoms with Crippen molar-refractivity contribution in [3.63, 3.8) is 0 Å². The van der Waals surface area contributed by atoms with Crippen LogP contribution in [0, 0.1) is 0 Å². The number of rotatable bonds is 5. The molecule has 0 aromatic rings. The molecule has 0 N–H and O–H groups in total. The summed E-state index contributed by atoms with van der Waals surface area (Å²) < 4.78 is 0. The van der Waals surface area contributed by atoms with E-state index in [1.807, 2.05) is 0 Å². The second-order valence-electron chi connectivity index (χ2n) is 2.55. The number of unbranched alkanes of at least 4 members (excludes halogenated alkanes) is 1. The van der Waals surface area contributed by atoms with Crippen LogP contribution >= 0.6 is 0 Å². The molecule has 0 bridgehead atoms. The topological polar surface area (TPSA) is 23.1 Å². The van der Waals surface area contributed by atoms with Crippen LogP contribution in [0.2, 0.25) is 0 Å². The largest absolute Gasteiger partial charge is 1.00 e. The normalized spacial score (nSPS) is 12.3. The molecule has 2 heteroatoms. The van der Waals surface area contributed by atoms with Gasteiger partial charge >= 0.3 is 18.9 Å². The van der Waals surface area contributed by atoms with Gasteiger partial charge in [-0.2, -0.15) is 0 Å². The van der Waals surface area contributed by atoms with Gasteiger partial charge in [-0.05, 0) is 0 Å². The molecule has 0 aliphatic rings. The Bertz CT molecular complexity index is 57.2. The van der Waals surface area contributed by atoms with Crippen molar-refractivity contribution < 1.29 is 24.0 Å². The van der Waals surface area contributed by atoms with E-state index in [9.17, 15) is 5.11 Å². The Morgan fingerprint density at radius 2 is 1.70 bits per heavy atom. The molecule has 0 radical (unpaired) electrons. The Labute approximate surface area is 76.4 Å². The maximum atomic E-state index is 10.9. The average Bonchev–Trinajstić information content (AvgIpc) is 1.85. The van der Waals surface area contributed by atoms with Gasteiger partial charge in [0.2, 0.25) is 0 Å². The Hall–Kier alpha value is 0.557. The van der Waals surface area contributed by atoms with Crippen LogP contribution in [0.25, 0.3) is 0 Å². The van der Waals surface area contributed by atoms with Crippen molar-refractivity contribution in [1.82, 2.24) is 0 Å². The van der Waals surface area contributed by atoms with Gasteiger partial charge in [-0.1, -0.05) is 46.0 Å². The molecule has 0 amide bonds. The zero-order valence-electron chi connectivity index (χ0n) is 7.52. The van der Waals surface area contributed by atoms with E-state index in [-0.39, 0.29) is 25.0 Å². The molecule has 1 atom stereocenters. The summed E-state index contributed by atoms with van der Waals surface area (Å²) in [7, 11) is 0. The van der Waals surface area contributed by atoms with Crippen LogP contribution in [0.4, 0.5) is 0 Å². The first-order valence-electron chi connectivity index (χ1n) is 3.97. The third-order valence-corrected chi connectivity index (χ3v) is 1.49. The molecular weight excluding hydrogens is 119 g/mol. The molecule has 0 aromatic heterocycles. The third-order valence-electron chi connectivity index (χ3n) is 1.49. The van der Waals surface area contributed by atoms with Crippen LogP contribution < -0.4 is 24.0 Å². The fourth-order valence-corrected chi connectivity index (χ4v) is 0.898. The summed E-state index contributed by atoms with van der Waals surface area (Å²) in [6, 6.07) is 0. The molecule has 10 heavy (non-hydrogen) atoms. The van der Waals surface area contributed by atoms with Gasteiger partial charge in [-0.15, -0.1) is 6.10 Å². The SMILES string of the molecule is CCCCC([O-])CCC.[Li+]. The van der Waals surface area contributed by atoms with Crippen molar-refractivity contribution in [2.24, 2.45) is 0 Å². The van der Waals surface area contributed by atoms with Crippen LogP contribution in [-0.4, -0.2) is 6.10 Å². The smallest absolute Gasteiger partial charge is 0.852 e. The van der Waals surface area contributed by atoms with Crippen LogP contribution in [0.5, 0.6) is 0 Å². The quantitative estimate of drug-likeness (QED) is 0.431. The number of hydrogen-bond acceptors (Lipinski definition) is 1. The molecule has 1 nitrogen and oxygen atoms in total. The van der Waals surface area contributed by atoms with E-state index in [1.165, 1.54) is 0 Å². The predicted molar refractivity (Wildman–Crippen MR) is 38.2 cm³/mol. The van der Waals surface area contributed by atoms with Crippen LogP contribution in [0.3, 0.4) is 0 Å². The number of hydrogen-bond donors (Lipinski definition) is 0. The summed E-state index contributed by atoms with van der Waals surface area (Å²) in [5.74, 6) is 0. The monoisotopic (exact) mass is 136 g/mol. The molecule has 0 spiro atoms. The zero-order valence-corrected chi connectivity index (χ0v) is 7.52. The first-order chi connectivity index (χ1) is 4.31. The summed E-state index contributed by atoms with van der Waals surface area (Å²) in [5, 5.41) is 10.9. The molecule has 0 aliphatic heterocycles. The summed E-state index contributed by atoms with van der Waals surface area (Å²) in [6.45, 7) is 4.19. The molecule has 0 aromatic carbocycles. The molecule has 0 saturated heterocycles. The van der Waals surface area contributed by atoms with E-state index in [0.717, 1.165) is 32.1 Å². The van der Waals surface area contributed by atoms with Crippen molar-refractivity contribution in [1.29, 1.82) is 0 Å². The van der Waals surface area contributed by atoms with Crippen LogP contribution in [-0.2, 0) is 0 Å². The van der Waals surface area contributed by atoms with Gasteiger partial charge in [0.15, 0.2) is 0 Å². The van der Waals surface area contributed by atoms with E-state index in [2.05, 4.69) is 13.8 Å². The molecule has 0 fully saturated rings. The van der Waals surface area contributed by atoms with E-state index < -0.39 is 0 Å². The molecular formula is C8H17LiO. The van der Waals surface area contributed by atoms with Gasteiger partial charge in [0.05, 0.1) is 0 Å². The Balaban J connectivity index is 0. The summed E-state index contributed by atoms with van der Waals surface area (Å²) in [5.41, 5.74) is 0. The minimum Gasteiger partial charge on any atom is -0.852 e.